The van der Waals surface area contributed by atoms with E-state index in [4.69, 9.17) is 5.73 Å². The molecule has 37 heavy (non-hydrogen) atoms. The molecule has 2 aromatic carbocycles. The van der Waals surface area contributed by atoms with E-state index < -0.39 is 23.7 Å². The van der Waals surface area contributed by atoms with Crippen molar-refractivity contribution in [2.45, 2.75) is 19.1 Å². The summed E-state index contributed by atoms with van der Waals surface area (Å²) in [6.45, 7) is 0.998. The van der Waals surface area contributed by atoms with Crippen LogP contribution in [0.2, 0.25) is 0 Å². The summed E-state index contributed by atoms with van der Waals surface area (Å²) in [4.78, 5) is 24.2. The van der Waals surface area contributed by atoms with E-state index in [9.17, 15) is 27.2 Å². The fourth-order valence-electron chi connectivity index (χ4n) is 4.35. The Morgan fingerprint density at radius 3 is 2.62 bits per heavy atom. The van der Waals surface area contributed by atoms with Crippen LogP contribution in [-0.4, -0.2) is 42.6 Å². The second kappa shape index (κ2) is 8.92. The van der Waals surface area contributed by atoms with E-state index in [1.54, 1.807) is 30.1 Å². The number of hydrogen-bond donors (Lipinski definition) is 2. The van der Waals surface area contributed by atoms with Crippen molar-refractivity contribution in [1.29, 1.82) is 0 Å². The summed E-state index contributed by atoms with van der Waals surface area (Å²) in [6, 6.07) is 8.26. The van der Waals surface area contributed by atoms with Gasteiger partial charge in [-0.25, -0.2) is 23.6 Å². The molecule has 3 N–H and O–H groups in total. The zero-order valence-corrected chi connectivity index (χ0v) is 19.3. The van der Waals surface area contributed by atoms with Crippen molar-refractivity contribution in [3.8, 4) is 22.8 Å². The number of hydrogen-bond acceptors (Lipinski definition) is 5. The van der Waals surface area contributed by atoms with Gasteiger partial charge in [-0.3, -0.25) is 0 Å². The van der Waals surface area contributed by atoms with Gasteiger partial charge >= 0.3 is 17.8 Å². The minimum atomic E-state index is -5.14. The number of aromatic nitrogens is 5. The number of carbonyl (C=O) groups is 1. The fraction of sp³-hybridized carbons (Fsp3) is 0.208. The Morgan fingerprint density at radius 2 is 1.89 bits per heavy atom. The molecular weight excluding hydrogens is 496 g/mol. The zero-order valence-electron chi connectivity index (χ0n) is 19.3. The van der Waals surface area contributed by atoms with Gasteiger partial charge in [-0.15, -0.1) is 0 Å². The van der Waals surface area contributed by atoms with Crippen molar-refractivity contribution in [2.24, 2.45) is 12.8 Å². The number of nitrogens with two attached hydrogens (primary N) is 1. The molecule has 13 heteroatoms. The fourth-order valence-corrected chi connectivity index (χ4v) is 4.35. The molecule has 0 atom stereocenters. The maximum absolute atomic E-state index is 14.2. The van der Waals surface area contributed by atoms with Crippen molar-refractivity contribution < 1.29 is 27.1 Å². The molecule has 192 valence electrons. The Balaban J connectivity index is 1.65. The van der Waals surface area contributed by atoms with Crippen molar-refractivity contribution in [3.05, 3.63) is 65.1 Å². The number of H-pyrrole nitrogens is 1. The Labute approximate surface area is 205 Å². The first-order valence-electron chi connectivity index (χ1n) is 11.1. The van der Waals surface area contributed by atoms with Crippen LogP contribution >= 0.6 is 0 Å². The third kappa shape index (κ3) is 4.27. The number of rotatable bonds is 6. The largest absolute Gasteiger partial charge is 0.491 e. The van der Waals surface area contributed by atoms with Crippen molar-refractivity contribution in [2.75, 3.05) is 6.54 Å². The zero-order chi connectivity index (χ0) is 26.5. The van der Waals surface area contributed by atoms with Crippen LogP contribution in [0.25, 0.3) is 38.9 Å². The van der Waals surface area contributed by atoms with Crippen LogP contribution in [0.15, 0.2) is 53.6 Å². The first-order valence-corrected chi connectivity index (χ1v) is 11.1. The Hall–Kier alpha value is -4.39. The van der Waals surface area contributed by atoms with Gasteiger partial charge in [0.2, 0.25) is 0 Å². The summed E-state index contributed by atoms with van der Waals surface area (Å²) < 4.78 is 61.3. The van der Waals surface area contributed by atoms with E-state index in [0.717, 1.165) is 0 Å². The van der Waals surface area contributed by atoms with E-state index in [0.29, 0.717) is 52.6 Å². The van der Waals surface area contributed by atoms with Crippen LogP contribution in [0.5, 0.6) is 5.75 Å². The molecule has 0 aliphatic rings. The van der Waals surface area contributed by atoms with Gasteiger partial charge < -0.3 is 19.6 Å². The summed E-state index contributed by atoms with van der Waals surface area (Å²) in [5, 5.41) is 7.63. The first kappa shape index (κ1) is 24.3. The maximum Gasteiger partial charge on any atom is 0.491 e. The Kier molecular flexibility index (Phi) is 5.86. The number of fused-ring (bicyclic) bond motifs is 2. The number of ether oxygens (including phenoxy) is 1. The normalized spacial score (nSPS) is 12.1. The van der Waals surface area contributed by atoms with Crippen LogP contribution in [-0.2, 0) is 18.4 Å². The summed E-state index contributed by atoms with van der Waals surface area (Å²) in [6.07, 6.45) is -1.11. The molecule has 0 unspecified atom stereocenters. The van der Waals surface area contributed by atoms with Gasteiger partial charge in [-0.1, -0.05) is 0 Å². The lowest BCUT2D eigenvalue weighted by Gasteiger charge is -2.07. The average Bonchev–Trinajstić information content (AvgIpc) is 3.49. The first-order chi connectivity index (χ1) is 17.6. The highest BCUT2D eigenvalue weighted by Gasteiger charge is 2.41. The number of aryl methyl sites for hydroxylation is 2. The summed E-state index contributed by atoms with van der Waals surface area (Å²) >= 11 is 0. The number of halogens is 4. The smallest absolute Gasteiger partial charge is 0.420 e. The highest BCUT2D eigenvalue weighted by molar-refractivity contribution is 5.97. The molecule has 9 nitrogen and oxygen atoms in total. The third-order valence-corrected chi connectivity index (χ3v) is 5.98. The van der Waals surface area contributed by atoms with E-state index >= 15 is 0 Å². The number of alkyl halides is 3. The minimum absolute atomic E-state index is 0.206. The van der Waals surface area contributed by atoms with Crippen molar-refractivity contribution >= 4 is 27.8 Å². The van der Waals surface area contributed by atoms with E-state index in [1.165, 1.54) is 34.9 Å². The lowest BCUT2D eigenvalue weighted by atomic mass is 10.1. The molecular formula is C24H20F4N6O3. The molecule has 0 aliphatic heterocycles. The SMILES string of the molecule is Cn1cc(-c2n[nH]c(=O)n2-c2cn(CCCN)c3ccc(F)cc23)c2ccc(OC(=O)C(F)(F)F)cc21. The third-order valence-electron chi connectivity index (χ3n) is 5.98. The molecule has 0 fully saturated rings. The maximum atomic E-state index is 14.2. The van der Waals surface area contributed by atoms with E-state index in [2.05, 4.69) is 14.9 Å². The number of carbonyl (C=O) groups excluding carboxylic acids is 1. The summed E-state index contributed by atoms with van der Waals surface area (Å²) in [7, 11) is 1.64. The van der Waals surface area contributed by atoms with Gasteiger partial charge in [0, 0.05) is 48.4 Å². The highest BCUT2D eigenvalue weighted by Crippen LogP contribution is 2.34. The summed E-state index contributed by atoms with van der Waals surface area (Å²) in [5.74, 6) is -2.89. The molecule has 0 bridgehead atoms. The van der Waals surface area contributed by atoms with Gasteiger partial charge in [0.05, 0.1) is 16.7 Å². The molecule has 0 spiro atoms. The van der Waals surface area contributed by atoms with Crippen molar-refractivity contribution in [1.82, 2.24) is 23.9 Å². The topological polar surface area (TPSA) is 113 Å². The standard InChI is InChI=1S/C24H20F4N6O3/c1-32-11-17(15-5-4-14(10-19(15)32)37-22(35)24(26,27)28)21-30-31-23(36)34(21)20-12-33(8-2-7-29)18-6-3-13(25)9-16(18)20/h3-6,9-12H,2,7-8,29H2,1H3,(H,31,36). The van der Waals surface area contributed by atoms with E-state index in [-0.39, 0.29) is 11.6 Å². The number of nitrogens with zero attached hydrogens (tertiary/aromatic N) is 4. The monoisotopic (exact) mass is 516 g/mol. The molecule has 0 saturated heterocycles. The van der Waals surface area contributed by atoms with Crippen molar-refractivity contribution in [3.63, 3.8) is 0 Å². The van der Waals surface area contributed by atoms with Gasteiger partial charge in [-0.2, -0.15) is 18.3 Å². The lowest BCUT2D eigenvalue weighted by Crippen LogP contribution is -2.27. The number of aromatic amines is 1. The van der Waals surface area contributed by atoms with Crippen LogP contribution in [0.3, 0.4) is 0 Å². The van der Waals surface area contributed by atoms with Crippen LogP contribution in [0, 0.1) is 5.82 Å². The quantitative estimate of drug-likeness (QED) is 0.203. The van der Waals surface area contributed by atoms with Crippen LogP contribution in [0.4, 0.5) is 17.6 Å². The Bertz CT molecular complexity index is 1710. The Morgan fingerprint density at radius 1 is 1.11 bits per heavy atom. The molecule has 0 aliphatic carbocycles. The van der Waals surface area contributed by atoms with Gasteiger partial charge in [0.1, 0.15) is 11.6 Å². The van der Waals surface area contributed by atoms with Crippen LogP contribution < -0.4 is 16.2 Å². The molecule has 0 amide bonds. The van der Waals surface area contributed by atoms with Gasteiger partial charge in [0.25, 0.3) is 0 Å². The minimum Gasteiger partial charge on any atom is -0.420 e. The molecule has 5 rings (SSSR count). The van der Waals surface area contributed by atoms with E-state index in [1.807, 2.05) is 4.57 Å². The second-order valence-electron chi connectivity index (χ2n) is 8.42. The predicted molar refractivity (Wildman–Crippen MR) is 127 cm³/mol. The molecule has 0 radical (unpaired) electrons. The van der Waals surface area contributed by atoms with Gasteiger partial charge in [-0.05, 0) is 43.3 Å². The van der Waals surface area contributed by atoms with Crippen LogP contribution in [0.1, 0.15) is 6.42 Å². The number of nitrogens with one attached hydrogen (secondary N) is 1. The average molecular weight is 516 g/mol. The second-order valence-corrected chi connectivity index (χ2v) is 8.42. The number of esters is 1. The molecule has 5 aromatic rings. The molecule has 3 aromatic heterocycles. The lowest BCUT2D eigenvalue weighted by molar-refractivity contribution is -0.189. The van der Waals surface area contributed by atoms with Gasteiger partial charge in [0.15, 0.2) is 5.82 Å². The highest BCUT2D eigenvalue weighted by atomic mass is 19.4. The molecule has 3 heterocycles. The molecule has 0 saturated carbocycles. The summed E-state index contributed by atoms with van der Waals surface area (Å²) in [5.41, 5.74) is 7.10. The predicted octanol–water partition coefficient (Wildman–Crippen LogP) is 3.63. The number of benzene rings is 2.